The van der Waals surface area contributed by atoms with Crippen molar-refractivity contribution in [2.24, 2.45) is 0 Å². The zero-order chi connectivity index (χ0) is 15.6. The smallest absolute Gasteiger partial charge is 0.346 e. The van der Waals surface area contributed by atoms with E-state index in [-0.39, 0.29) is 11.4 Å². The molecular weight excluding hydrogens is 298 g/mol. The van der Waals surface area contributed by atoms with Crippen LogP contribution in [-0.2, 0) is 6.18 Å². The number of alkyl halides is 4. The second kappa shape index (κ2) is 5.99. The van der Waals surface area contributed by atoms with Gasteiger partial charge in [-0.3, -0.25) is 4.79 Å². The van der Waals surface area contributed by atoms with E-state index in [1.54, 1.807) is 13.8 Å². The Hall–Kier alpha value is -1.30. The molecule has 20 heavy (non-hydrogen) atoms. The van der Waals surface area contributed by atoms with Crippen LogP contribution in [0, 0.1) is 5.82 Å². The lowest BCUT2D eigenvalue weighted by Crippen LogP contribution is -2.47. The monoisotopic (exact) mass is 311 g/mol. The number of carbonyl (C=O) groups is 1. The third kappa shape index (κ3) is 3.85. The van der Waals surface area contributed by atoms with Gasteiger partial charge in [0.1, 0.15) is 5.82 Å². The molecule has 1 unspecified atom stereocenters. The summed E-state index contributed by atoms with van der Waals surface area (Å²) < 4.78 is 50.8. The molecule has 1 aromatic carbocycles. The van der Waals surface area contributed by atoms with Gasteiger partial charge in [0.15, 0.2) is 0 Å². The van der Waals surface area contributed by atoms with E-state index in [4.69, 9.17) is 11.6 Å². The van der Waals surface area contributed by atoms with Crippen LogP contribution in [0.3, 0.4) is 0 Å². The Morgan fingerprint density at radius 1 is 1.35 bits per heavy atom. The summed E-state index contributed by atoms with van der Waals surface area (Å²) in [5.41, 5.74) is -2.46. The van der Waals surface area contributed by atoms with Crippen molar-refractivity contribution in [3.63, 3.8) is 0 Å². The van der Waals surface area contributed by atoms with Gasteiger partial charge in [0.05, 0.1) is 11.1 Å². The summed E-state index contributed by atoms with van der Waals surface area (Å²) in [6, 6.07) is 2.13. The molecule has 0 aromatic heterocycles. The van der Waals surface area contributed by atoms with Crippen molar-refractivity contribution >= 4 is 17.5 Å². The molecule has 1 amide bonds. The zero-order valence-electron chi connectivity index (χ0n) is 10.9. The van der Waals surface area contributed by atoms with Crippen molar-refractivity contribution in [1.82, 2.24) is 5.32 Å². The molecule has 7 heteroatoms. The summed E-state index contributed by atoms with van der Waals surface area (Å²) in [6.45, 7) is 3.46. The minimum atomic E-state index is -4.85. The van der Waals surface area contributed by atoms with Crippen molar-refractivity contribution in [1.29, 1.82) is 0 Å². The molecule has 1 N–H and O–H groups in total. The Morgan fingerprint density at radius 3 is 2.40 bits per heavy atom. The SMILES string of the molecule is CCC(C)(CCl)NC(=O)c1ccc(F)c(C(F)(F)F)c1. The van der Waals surface area contributed by atoms with Crippen molar-refractivity contribution in [3.8, 4) is 0 Å². The highest BCUT2D eigenvalue weighted by atomic mass is 35.5. The lowest BCUT2D eigenvalue weighted by molar-refractivity contribution is -0.140. The van der Waals surface area contributed by atoms with Crippen LogP contribution in [0.25, 0.3) is 0 Å². The molecule has 0 aliphatic rings. The van der Waals surface area contributed by atoms with Crippen molar-refractivity contribution in [2.75, 3.05) is 5.88 Å². The highest BCUT2D eigenvalue weighted by molar-refractivity contribution is 6.18. The summed E-state index contributed by atoms with van der Waals surface area (Å²) >= 11 is 5.71. The summed E-state index contributed by atoms with van der Waals surface area (Å²) in [5, 5.41) is 2.55. The number of benzene rings is 1. The maximum atomic E-state index is 13.1. The number of nitrogens with one attached hydrogen (secondary N) is 1. The van der Waals surface area contributed by atoms with Crippen LogP contribution in [0.15, 0.2) is 18.2 Å². The van der Waals surface area contributed by atoms with Crippen molar-refractivity contribution in [3.05, 3.63) is 35.1 Å². The number of amides is 1. The van der Waals surface area contributed by atoms with Crippen LogP contribution >= 0.6 is 11.6 Å². The zero-order valence-corrected chi connectivity index (χ0v) is 11.7. The molecule has 0 saturated carbocycles. The second-order valence-corrected chi connectivity index (χ2v) is 4.96. The number of carbonyl (C=O) groups excluding carboxylic acids is 1. The molecule has 0 fully saturated rings. The van der Waals surface area contributed by atoms with E-state index in [0.29, 0.717) is 18.6 Å². The van der Waals surface area contributed by atoms with Crippen LogP contribution in [0.5, 0.6) is 0 Å². The fourth-order valence-electron chi connectivity index (χ4n) is 1.45. The second-order valence-electron chi connectivity index (χ2n) is 4.69. The van der Waals surface area contributed by atoms with Gasteiger partial charge < -0.3 is 5.32 Å². The lowest BCUT2D eigenvalue weighted by atomic mass is 10.0. The van der Waals surface area contributed by atoms with Gasteiger partial charge in [0.25, 0.3) is 5.91 Å². The van der Waals surface area contributed by atoms with E-state index in [2.05, 4.69) is 5.32 Å². The first-order valence-electron chi connectivity index (χ1n) is 5.88. The van der Waals surface area contributed by atoms with Gasteiger partial charge in [-0.05, 0) is 31.5 Å². The minimum absolute atomic E-state index is 0.114. The molecule has 0 aliphatic heterocycles. The number of hydrogen-bond donors (Lipinski definition) is 1. The molecule has 0 spiro atoms. The van der Waals surface area contributed by atoms with E-state index in [1.807, 2.05) is 0 Å². The third-order valence-corrected chi connectivity index (χ3v) is 3.61. The molecule has 0 aliphatic carbocycles. The molecule has 1 aromatic rings. The third-order valence-electron chi connectivity index (χ3n) is 3.02. The van der Waals surface area contributed by atoms with Crippen LogP contribution in [0.2, 0.25) is 0 Å². The van der Waals surface area contributed by atoms with Crippen LogP contribution in [0.1, 0.15) is 36.2 Å². The molecule has 0 bridgehead atoms. The van der Waals surface area contributed by atoms with Crippen LogP contribution in [0.4, 0.5) is 17.6 Å². The summed E-state index contributed by atoms with van der Waals surface area (Å²) in [5.74, 6) is -2.02. The van der Waals surface area contributed by atoms with Gasteiger partial charge in [0.2, 0.25) is 0 Å². The quantitative estimate of drug-likeness (QED) is 0.661. The van der Waals surface area contributed by atoms with Gasteiger partial charge in [0, 0.05) is 11.4 Å². The summed E-state index contributed by atoms with van der Waals surface area (Å²) in [6.07, 6.45) is -4.34. The van der Waals surface area contributed by atoms with Crippen LogP contribution < -0.4 is 5.32 Å². The normalized spacial score (nSPS) is 14.8. The maximum absolute atomic E-state index is 13.1. The molecule has 0 radical (unpaired) electrons. The molecule has 1 atom stereocenters. The average molecular weight is 312 g/mol. The first kappa shape index (κ1) is 16.8. The number of rotatable bonds is 4. The minimum Gasteiger partial charge on any atom is -0.346 e. The fourth-order valence-corrected chi connectivity index (χ4v) is 1.70. The molecule has 0 saturated heterocycles. The molecule has 112 valence electrons. The highest BCUT2D eigenvalue weighted by Crippen LogP contribution is 2.32. The Bertz CT molecular complexity index is 498. The molecule has 0 heterocycles. The predicted octanol–water partition coefficient (Wildman–Crippen LogP) is 3.98. The van der Waals surface area contributed by atoms with E-state index in [9.17, 15) is 22.4 Å². The summed E-state index contributed by atoms with van der Waals surface area (Å²) in [7, 11) is 0. The van der Waals surface area contributed by atoms with Crippen molar-refractivity contribution < 1.29 is 22.4 Å². The average Bonchev–Trinajstić information content (AvgIpc) is 2.37. The maximum Gasteiger partial charge on any atom is 0.419 e. The van der Waals surface area contributed by atoms with E-state index < -0.39 is 29.0 Å². The largest absolute Gasteiger partial charge is 0.419 e. The van der Waals surface area contributed by atoms with Gasteiger partial charge >= 0.3 is 6.18 Å². The first-order valence-corrected chi connectivity index (χ1v) is 6.41. The Kier molecular flexibility index (Phi) is 5.02. The highest BCUT2D eigenvalue weighted by Gasteiger charge is 2.35. The van der Waals surface area contributed by atoms with E-state index >= 15 is 0 Å². The predicted molar refractivity (Wildman–Crippen MR) is 68.3 cm³/mol. The number of hydrogen-bond acceptors (Lipinski definition) is 1. The van der Waals surface area contributed by atoms with Crippen molar-refractivity contribution in [2.45, 2.75) is 32.0 Å². The fraction of sp³-hybridized carbons (Fsp3) is 0.462. The Balaban J connectivity index is 3.07. The standard InChI is InChI=1S/C13H14ClF4NO/c1-3-12(2,7-14)19-11(20)8-4-5-10(15)9(6-8)13(16,17)18/h4-6H,3,7H2,1-2H3,(H,19,20). The van der Waals surface area contributed by atoms with E-state index in [1.165, 1.54) is 0 Å². The lowest BCUT2D eigenvalue weighted by Gasteiger charge is -2.27. The molecular formula is C13H14ClF4NO. The Labute approximate surface area is 119 Å². The Morgan fingerprint density at radius 2 is 1.95 bits per heavy atom. The topological polar surface area (TPSA) is 29.1 Å². The van der Waals surface area contributed by atoms with Gasteiger partial charge in [-0.1, -0.05) is 6.92 Å². The summed E-state index contributed by atoms with van der Waals surface area (Å²) in [4.78, 5) is 11.9. The first-order chi connectivity index (χ1) is 9.13. The van der Waals surface area contributed by atoms with Gasteiger partial charge in [-0.25, -0.2) is 4.39 Å². The van der Waals surface area contributed by atoms with E-state index in [0.717, 1.165) is 6.07 Å². The molecule has 1 rings (SSSR count). The van der Waals surface area contributed by atoms with Crippen LogP contribution in [-0.4, -0.2) is 17.3 Å². The molecule has 2 nitrogen and oxygen atoms in total. The number of halogens is 5. The van der Waals surface area contributed by atoms with Gasteiger partial charge in [-0.2, -0.15) is 13.2 Å². The van der Waals surface area contributed by atoms with Gasteiger partial charge in [-0.15, -0.1) is 11.6 Å².